The summed E-state index contributed by atoms with van der Waals surface area (Å²) in [5, 5.41) is 14.1. The van der Waals surface area contributed by atoms with Crippen molar-refractivity contribution in [3.8, 4) is 0 Å². The van der Waals surface area contributed by atoms with Gasteiger partial charge in [-0.1, -0.05) is 13.8 Å². The molecular weight excluding hydrogens is 210 g/mol. The molecule has 1 unspecified atom stereocenters. The van der Waals surface area contributed by atoms with Crippen LogP contribution in [0.3, 0.4) is 0 Å². The molecular formula is C11H17NO2S. The minimum absolute atomic E-state index is 0.395. The summed E-state index contributed by atoms with van der Waals surface area (Å²) >= 11 is 1.28. The molecule has 15 heavy (non-hydrogen) atoms. The molecule has 4 heteroatoms. The van der Waals surface area contributed by atoms with Gasteiger partial charge < -0.3 is 10.4 Å². The van der Waals surface area contributed by atoms with Crippen LogP contribution in [0.5, 0.6) is 0 Å². The van der Waals surface area contributed by atoms with E-state index >= 15 is 0 Å². The van der Waals surface area contributed by atoms with Gasteiger partial charge in [0.2, 0.25) is 0 Å². The average Bonchev–Trinajstić information content (AvgIpc) is 2.61. The van der Waals surface area contributed by atoms with Gasteiger partial charge >= 0.3 is 5.97 Å². The molecule has 0 aliphatic carbocycles. The Bertz CT molecular complexity index is 333. The number of carboxylic acid groups (broad SMARTS) is 1. The van der Waals surface area contributed by atoms with Crippen LogP contribution in [-0.2, 0) is 6.54 Å². The van der Waals surface area contributed by atoms with E-state index in [4.69, 9.17) is 5.11 Å². The van der Waals surface area contributed by atoms with E-state index in [0.717, 1.165) is 5.56 Å². The van der Waals surface area contributed by atoms with Crippen LogP contribution < -0.4 is 5.32 Å². The number of thiophene rings is 1. The molecule has 1 aromatic heterocycles. The molecule has 0 aliphatic heterocycles. The number of aromatic carboxylic acids is 1. The van der Waals surface area contributed by atoms with Crippen LogP contribution in [-0.4, -0.2) is 17.1 Å². The average molecular weight is 227 g/mol. The van der Waals surface area contributed by atoms with Gasteiger partial charge in [0.15, 0.2) is 0 Å². The van der Waals surface area contributed by atoms with Gasteiger partial charge in [0.1, 0.15) is 4.88 Å². The lowest BCUT2D eigenvalue weighted by Gasteiger charge is -2.17. The molecule has 3 nitrogen and oxygen atoms in total. The van der Waals surface area contributed by atoms with Crippen LogP contribution in [0.15, 0.2) is 11.4 Å². The van der Waals surface area contributed by atoms with Crippen molar-refractivity contribution < 1.29 is 9.90 Å². The highest BCUT2D eigenvalue weighted by Gasteiger charge is 2.12. The van der Waals surface area contributed by atoms with Gasteiger partial charge in [-0.25, -0.2) is 4.79 Å². The summed E-state index contributed by atoms with van der Waals surface area (Å²) in [6, 6.07) is 2.26. The third-order valence-corrected chi connectivity index (χ3v) is 3.50. The maximum absolute atomic E-state index is 10.8. The monoisotopic (exact) mass is 227 g/mol. The van der Waals surface area contributed by atoms with Gasteiger partial charge in [0.25, 0.3) is 0 Å². The van der Waals surface area contributed by atoms with Gasteiger partial charge in [0, 0.05) is 12.6 Å². The molecule has 1 heterocycles. The molecule has 1 rings (SSSR count). The van der Waals surface area contributed by atoms with Crippen molar-refractivity contribution in [1.82, 2.24) is 5.32 Å². The zero-order chi connectivity index (χ0) is 11.4. The molecule has 0 radical (unpaired) electrons. The van der Waals surface area contributed by atoms with E-state index in [1.54, 1.807) is 0 Å². The predicted octanol–water partition coefficient (Wildman–Crippen LogP) is 2.58. The number of hydrogen-bond acceptors (Lipinski definition) is 3. The fraction of sp³-hybridized carbons (Fsp3) is 0.545. The second-order valence-electron chi connectivity index (χ2n) is 3.99. The quantitative estimate of drug-likeness (QED) is 0.813. The fourth-order valence-electron chi connectivity index (χ4n) is 1.17. The van der Waals surface area contributed by atoms with Crippen LogP contribution in [0.1, 0.15) is 36.0 Å². The minimum Gasteiger partial charge on any atom is -0.477 e. The molecule has 0 bridgehead atoms. The Morgan fingerprint density at radius 2 is 2.20 bits per heavy atom. The Balaban J connectivity index is 2.58. The Hall–Kier alpha value is -0.870. The molecule has 84 valence electrons. The highest BCUT2D eigenvalue weighted by molar-refractivity contribution is 7.12. The standard InChI is InChI=1S/C11H17NO2S/c1-7(2)8(3)12-6-9-4-5-15-10(9)11(13)14/h4-5,7-8,12H,6H2,1-3H3,(H,13,14). The number of carbonyl (C=O) groups is 1. The van der Waals surface area contributed by atoms with Crippen molar-refractivity contribution in [3.63, 3.8) is 0 Å². The molecule has 0 aliphatic rings. The van der Waals surface area contributed by atoms with Gasteiger partial charge in [-0.3, -0.25) is 0 Å². The molecule has 1 aromatic rings. The number of carboxylic acids is 1. The first-order valence-electron chi connectivity index (χ1n) is 5.05. The summed E-state index contributed by atoms with van der Waals surface area (Å²) in [4.78, 5) is 11.3. The van der Waals surface area contributed by atoms with Gasteiger partial charge in [-0.05, 0) is 29.9 Å². The van der Waals surface area contributed by atoms with E-state index in [2.05, 4.69) is 26.1 Å². The number of hydrogen-bond donors (Lipinski definition) is 2. The Labute approximate surface area is 94.1 Å². The molecule has 1 atom stereocenters. The Kier molecular flexibility index (Phi) is 4.29. The van der Waals surface area contributed by atoms with Crippen LogP contribution in [0.4, 0.5) is 0 Å². The first-order chi connectivity index (χ1) is 7.02. The second kappa shape index (κ2) is 5.28. The van der Waals surface area contributed by atoms with Crippen molar-refractivity contribution >= 4 is 17.3 Å². The van der Waals surface area contributed by atoms with Crippen molar-refractivity contribution in [2.24, 2.45) is 5.92 Å². The van der Waals surface area contributed by atoms with Crippen LogP contribution in [0, 0.1) is 5.92 Å². The smallest absolute Gasteiger partial charge is 0.346 e. The first kappa shape index (κ1) is 12.2. The molecule has 0 amide bonds. The summed E-state index contributed by atoms with van der Waals surface area (Å²) in [7, 11) is 0. The van der Waals surface area contributed by atoms with E-state index in [-0.39, 0.29) is 0 Å². The van der Waals surface area contributed by atoms with Gasteiger partial charge in [-0.2, -0.15) is 0 Å². The number of rotatable bonds is 5. The Morgan fingerprint density at radius 1 is 1.53 bits per heavy atom. The van der Waals surface area contributed by atoms with Crippen molar-refractivity contribution in [1.29, 1.82) is 0 Å². The van der Waals surface area contributed by atoms with Crippen LogP contribution in [0.25, 0.3) is 0 Å². The minimum atomic E-state index is -0.834. The summed E-state index contributed by atoms with van der Waals surface area (Å²) in [6.07, 6.45) is 0. The Morgan fingerprint density at radius 3 is 2.73 bits per heavy atom. The van der Waals surface area contributed by atoms with Gasteiger partial charge in [-0.15, -0.1) is 11.3 Å². The van der Waals surface area contributed by atoms with E-state index in [1.807, 2.05) is 11.4 Å². The highest BCUT2D eigenvalue weighted by atomic mass is 32.1. The summed E-state index contributed by atoms with van der Waals surface area (Å²) in [6.45, 7) is 7.02. The van der Waals surface area contributed by atoms with E-state index in [1.165, 1.54) is 11.3 Å². The maximum Gasteiger partial charge on any atom is 0.346 e. The molecule has 0 spiro atoms. The fourth-order valence-corrected chi connectivity index (χ4v) is 1.93. The van der Waals surface area contributed by atoms with Crippen LogP contribution >= 0.6 is 11.3 Å². The van der Waals surface area contributed by atoms with Crippen LogP contribution in [0.2, 0.25) is 0 Å². The summed E-state index contributed by atoms with van der Waals surface area (Å²) in [5.74, 6) is -0.282. The topological polar surface area (TPSA) is 49.3 Å². The largest absolute Gasteiger partial charge is 0.477 e. The normalized spacial score (nSPS) is 13.1. The molecule has 0 saturated heterocycles. The molecule has 0 fully saturated rings. The lowest BCUT2D eigenvalue weighted by molar-refractivity contribution is 0.0701. The van der Waals surface area contributed by atoms with Crippen molar-refractivity contribution in [3.05, 3.63) is 21.9 Å². The number of nitrogens with one attached hydrogen (secondary N) is 1. The third kappa shape index (κ3) is 3.32. The van der Waals surface area contributed by atoms with E-state index < -0.39 is 5.97 Å². The van der Waals surface area contributed by atoms with Crippen molar-refractivity contribution in [2.45, 2.75) is 33.4 Å². The third-order valence-electron chi connectivity index (χ3n) is 2.56. The molecule has 2 N–H and O–H groups in total. The summed E-state index contributed by atoms with van der Waals surface area (Å²) < 4.78 is 0. The predicted molar refractivity (Wildman–Crippen MR) is 62.4 cm³/mol. The highest BCUT2D eigenvalue weighted by Crippen LogP contribution is 2.16. The SMILES string of the molecule is CC(C)C(C)NCc1ccsc1C(=O)O. The zero-order valence-corrected chi connectivity index (χ0v) is 10.1. The van der Waals surface area contributed by atoms with Gasteiger partial charge in [0.05, 0.1) is 0 Å². The maximum atomic E-state index is 10.8. The second-order valence-corrected chi connectivity index (χ2v) is 4.91. The lowest BCUT2D eigenvalue weighted by atomic mass is 10.1. The summed E-state index contributed by atoms with van der Waals surface area (Å²) in [5.41, 5.74) is 0.875. The van der Waals surface area contributed by atoms with E-state index in [0.29, 0.717) is 23.4 Å². The first-order valence-corrected chi connectivity index (χ1v) is 5.93. The molecule has 0 saturated carbocycles. The van der Waals surface area contributed by atoms with Crippen molar-refractivity contribution in [2.75, 3.05) is 0 Å². The molecule has 0 aromatic carbocycles. The van der Waals surface area contributed by atoms with E-state index in [9.17, 15) is 4.79 Å². The zero-order valence-electron chi connectivity index (χ0n) is 9.28. The lowest BCUT2D eigenvalue weighted by Crippen LogP contribution is -2.30.